The lowest BCUT2D eigenvalue weighted by atomic mass is 9.88. The Bertz CT molecular complexity index is 617. The smallest absolute Gasteiger partial charge is 0.261 e. The number of anilines is 1. The summed E-state index contributed by atoms with van der Waals surface area (Å²) in [5.74, 6) is 0.723. The van der Waals surface area contributed by atoms with Crippen LogP contribution >= 0.6 is 0 Å². The monoisotopic (exact) mass is 291 g/mol. The highest BCUT2D eigenvalue weighted by molar-refractivity contribution is 5.66. The number of nitrogen functional groups attached to an aromatic ring is 1. The van der Waals surface area contributed by atoms with Crippen molar-refractivity contribution in [3.63, 3.8) is 0 Å². The van der Waals surface area contributed by atoms with Gasteiger partial charge >= 0.3 is 0 Å². The third kappa shape index (κ3) is 3.33. The minimum atomic E-state index is -0.282. The first-order valence-corrected chi connectivity index (χ1v) is 6.87. The maximum absolute atomic E-state index is 9.92. The van der Waals surface area contributed by atoms with Crippen LogP contribution in [0.2, 0.25) is 0 Å². The second-order valence-electron chi connectivity index (χ2n) is 5.94. The Morgan fingerprint density at radius 3 is 2.67 bits per heavy atom. The molecule has 0 fully saturated rings. The molecule has 1 aromatic carbocycles. The molecule has 6 heteroatoms. The molecule has 0 saturated heterocycles. The number of aromatic hydroxyl groups is 1. The second kappa shape index (κ2) is 5.73. The third-order valence-corrected chi connectivity index (χ3v) is 3.05. The molecular formula is C15H21N3O3. The number of ether oxygens (including phenoxy) is 1. The summed E-state index contributed by atoms with van der Waals surface area (Å²) in [5, 5.41) is 13.9. The normalized spacial score (nSPS) is 13.3. The number of phenolic OH excluding ortho intramolecular Hbond substituents is 1. The number of hydrogen-bond acceptors (Lipinski definition) is 6. The van der Waals surface area contributed by atoms with Crippen molar-refractivity contribution in [2.24, 2.45) is 5.41 Å². The molecule has 21 heavy (non-hydrogen) atoms. The van der Waals surface area contributed by atoms with Crippen molar-refractivity contribution in [2.45, 2.75) is 33.8 Å². The van der Waals surface area contributed by atoms with Crippen molar-refractivity contribution in [2.75, 3.05) is 12.3 Å². The minimum Gasteiger partial charge on any atom is -0.507 e. The fraction of sp³-hybridized carbons (Fsp3) is 0.467. The molecule has 2 aromatic rings. The van der Waals surface area contributed by atoms with Crippen LogP contribution in [0, 0.1) is 5.41 Å². The van der Waals surface area contributed by atoms with E-state index in [2.05, 4.69) is 10.1 Å². The zero-order chi connectivity index (χ0) is 15.6. The van der Waals surface area contributed by atoms with E-state index in [0.29, 0.717) is 23.7 Å². The van der Waals surface area contributed by atoms with E-state index in [-0.39, 0.29) is 23.2 Å². The van der Waals surface area contributed by atoms with Crippen LogP contribution in [0.4, 0.5) is 5.69 Å². The van der Waals surface area contributed by atoms with Gasteiger partial charge in [0, 0.05) is 18.4 Å². The van der Waals surface area contributed by atoms with Gasteiger partial charge in [0.15, 0.2) is 0 Å². The van der Waals surface area contributed by atoms with Crippen molar-refractivity contribution in [3.8, 4) is 17.2 Å². The number of aromatic nitrogens is 2. The van der Waals surface area contributed by atoms with Crippen molar-refractivity contribution in [3.05, 3.63) is 24.0 Å². The third-order valence-electron chi connectivity index (χ3n) is 3.05. The highest BCUT2D eigenvalue weighted by Gasteiger charge is 2.31. The predicted octanol–water partition coefficient (Wildman–Crippen LogP) is 3.15. The Morgan fingerprint density at radius 1 is 1.38 bits per heavy atom. The van der Waals surface area contributed by atoms with E-state index in [1.807, 2.05) is 27.7 Å². The molecule has 0 aliphatic carbocycles. The van der Waals surface area contributed by atoms with Crippen LogP contribution in [0.25, 0.3) is 11.5 Å². The van der Waals surface area contributed by atoms with E-state index in [1.54, 1.807) is 12.1 Å². The van der Waals surface area contributed by atoms with Gasteiger partial charge in [0.25, 0.3) is 5.89 Å². The van der Waals surface area contributed by atoms with Crippen LogP contribution in [-0.2, 0) is 4.74 Å². The van der Waals surface area contributed by atoms with Gasteiger partial charge in [0.2, 0.25) is 5.82 Å². The summed E-state index contributed by atoms with van der Waals surface area (Å²) in [6, 6.07) is 4.76. The van der Waals surface area contributed by atoms with Crippen LogP contribution in [0.5, 0.6) is 5.75 Å². The molecule has 0 aliphatic rings. The second-order valence-corrected chi connectivity index (χ2v) is 5.94. The van der Waals surface area contributed by atoms with Crippen molar-refractivity contribution >= 4 is 5.69 Å². The van der Waals surface area contributed by atoms with Gasteiger partial charge in [-0.2, -0.15) is 4.98 Å². The molecule has 1 heterocycles. The summed E-state index contributed by atoms with van der Waals surface area (Å²) in [7, 11) is 0. The number of rotatable bonds is 4. The van der Waals surface area contributed by atoms with E-state index in [9.17, 15) is 5.11 Å². The Morgan fingerprint density at radius 2 is 2.10 bits per heavy atom. The standard InChI is InChI=1S/C15H21N3O3/c1-5-20-12(15(2,3)4)13-17-14(21-18-13)10-7-6-9(16)8-11(10)19/h6-8,12,19H,5,16H2,1-4H3. The lowest BCUT2D eigenvalue weighted by molar-refractivity contribution is -0.0203. The predicted molar refractivity (Wildman–Crippen MR) is 79.6 cm³/mol. The molecule has 0 bridgehead atoms. The zero-order valence-corrected chi connectivity index (χ0v) is 12.8. The molecule has 1 atom stereocenters. The average molecular weight is 291 g/mol. The number of benzene rings is 1. The van der Waals surface area contributed by atoms with Crippen LogP contribution in [0.15, 0.2) is 22.7 Å². The molecule has 0 radical (unpaired) electrons. The van der Waals surface area contributed by atoms with E-state index < -0.39 is 0 Å². The quantitative estimate of drug-likeness (QED) is 0.840. The van der Waals surface area contributed by atoms with Crippen LogP contribution in [0.1, 0.15) is 39.6 Å². The lowest BCUT2D eigenvalue weighted by Crippen LogP contribution is -2.22. The molecule has 0 spiro atoms. The minimum absolute atomic E-state index is 0.00826. The number of nitrogens with zero attached hydrogens (tertiary/aromatic N) is 2. The Balaban J connectivity index is 2.36. The Kier molecular flexibility index (Phi) is 4.18. The fourth-order valence-electron chi connectivity index (χ4n) is 2.06. The van der Waals surface area contributed by atoms with E-state index in [0.717, 1.165) is 0 Å². The van der Waals surface area contributed by atoms with E-state index >= 15 is 0 Å². The summed E-state index contributed by atoms with van der Waals surface area (Å²) in [6.45, 7) is 8.61. The highest BCUT2D eigenvalue weighted by atomic mass is 16.5. The van der Waals surface area contributed by atoms with Gasteiger partial charge in [-0.3, -0.25) is 0 Å². The first kappa shape index (κ1) is 15.3. The molecule has 1 aromatic heterocycles. The van der Waals surface area contributed by atoms with Gasteiger partial charge in [-0.05, 0) is 24.5 Å². The molecule has 0 aliphatic heterocycles. The van der Waals surface area contributed by atoms with Crippen molar-refractivity contribution < 1.29 is 14.4 Å². The van der Waals surface area contributed by atoms with Gasteiger partial charge < -0.3 is 20.1 Å². The number of hydrogen-bond donors (Lipinski definition) is 2. The molecule has 0 amide bonds. The first-order valence-electron chi connectivity index (χ1n) is 6.87. The van der Waals surface area contributed by atoms with E-state index in [4.69, 9.17) is 15.0 Å². The van der Waals surface area contributed by atoms with Gasteiger partial charge in [0.1, 0.15) is 11.9 Å². The van der Waals surface area contributed by atoms with Gasteiger partial charge in [-0.25, -0.2) is 0 Å². The first-order chi connectivity index (χ1) is 9.82. The maximum Gasteiger partial charge on any atom is 0.261 e. The summed E-state index contributed by atoms with van der Waals surface area (Å²) in [4.78, 5) is 4.35. The Hall–Kier alpha value is -2.08. The van der Waals surface area contributed by atoms with Crippen molar-refractivity contribution in [1.82, 2.24) is 10.1 Å². The van der Waals surface area contributed by atoms with Crippen LogP contribution in [0.3, 0.4) is 0 Å². The van der Waals surface area contributed by atoms with Gasteiger partial charge in [0.05, 0.1) is 5.56 Å². The molecule has 2 rings (SSSR count). The van der Waals surface area contributed by atoms with Gasteiger partial charge in [-0.1, -0.05) is 25.9 Å². The fourth-order valence-corrected chi connectivity index (χ4v) is 2.06. The van der Waals surface area contributed by atoms with Gasteiger partial charge in [-0.15, -0.1) is 0 Å². The summed E-state index contributed by atoms with van der Waals surface area (Å²) < 4.78 is 11.0. The van der Waals surface area contributed by atoms with Crippen molar-refractivity contribution in [1.29, 1.82) is 0 Å². The lowest BCUT2D eigenvalue weighted by Gasteiger charge is -2.27. The summed E-state index contributed by atoms with van der Waals surface area (Å²) in [6.07, 6.45) is -0.282. The molecular weight excluding hydrogens is 270 g/mol. The molecule has 1 unspecified atom stereocenters. The number of phenols is 1. The average Bonchev–Trinajstić information content (AvgIpc) is 2.83. The topological polar surface area (TPSA) is 94.4 Å². The van der Waals surface area contributed by atoms with Crippen LogP contribution in [-0.4, -0.2) is 21.9 Å². The molecule has 0 saturated carbocycles. The largest absolute Gasteiger partial charge is 0.507 e. The zero-order valence-electron chi connectivity index (χ0n) is 12.8. The number of nitrogens with two attached hydrogens (primary N) is 1. The molecule has 114 valence electrons. The Labute approximate surface area is 123 Å². The van der Waals surface area contributed by atoms with Crippen LogP contribution < -0.4 is 5.73 Å². The molecule has 3 N–H and O–H groups in total. The maximum atomic E-state index is 9.92. The van der Waals surface area contributed by atoms with E-state index in [1.165, 1.54) is 6.07 Å². The SMILES string of the molecule is CCOC(c1noc(-c2ccc(N)cc2O)n1)C(C)(C)C. The summed E-state index contributed by atoms with van der Waals surface area (Å²) in [5.41, 5.74) is 6.36. The summed E-state index contributed by atoms with van der Waals surface area (Å²) >= 11 is 0. The molecule has 6 nitrogen and oxygen atoms in total. The highest BCUT2D eigenvalue weighted by Crippen LogP contribution is 2.36.